The maximum Gasteiger partial charge on any atom is 0.251 e. The van der Waals surface area contributed by atoms with Crippen molar-refractivity contribution in [2.24, 2.45) is 0 Å². The topological polar surface area (TPSA) is 41.6 Å². The van der Waals surface area contributed by atoms with Gasteiger partial charge in [-0.1, -0.05) is 42.5 Å². The SMILES string of the molecule is C=C1CCCC12c1cc(OC)ccc1N(Cc1ccccc1)[C@H]2CCCCNC(=O)c1ccc(F)cc1. The summed E-state index contributed by atoms with van der Waals surface area (Å²) in [5.74, 6) is 0.391. The first-order chi connectivity index (χ1) is 18.0. The van der Waals surface area contributed by atoms with Crippen LogP contribution in [0.1, 0.15) is 60.0 Å². The standard InChI is InChI=1S/C32H35FN2O2/c1-23-9-8-19-32(23)28-21-27(37-2)17-18-29(28)35(22-24-10-4-3-5-11-24)30(32)12-6-7-20-34-31(36)25-13-15-26(33)16-14-25/h3-5,10-11,13-18,21,30H,1,6-9,12,19-20,22H2,2H3,(H,34,36)/t30-,32?/m0/s1. The molecule has 192 valence electrons. The number of methoxy groups -OCH3 is 1. The minimum Gasteiger partial charge on any atom is -0.497 e. The first kappa shape index (κ1) is 25.1. The lowest BCUT2D eigenvalue weighted by molar-refractivity contribution is 0.0952. The van der Waals surface area contributed by atoms with Crippen LogP contribution < -0.4 is 15.0 Å². The van der Waals surface area contributed by atoms with Crippen molar-refractivity contribution >= 4 is 11.6 Å². The average Bonchev–Trinajstić information content (AvgIpc) is 3.42. The fourth-order valence-corrected chi connectivity index (χ4v) is 6.32. The number of carbonyl (C=O) groups is 1. The molecule has 5 rings (SSSR count). The monoisotopic (exact) mass is 498 g/mol. The third-order valence-corrected chi connectivity index (χ3v) is 8.11. The number of hydrogen-bond acceptors (Lipinski definition) is 3. The molecule has 1 heterocycles. The number of rotatable bonds is 9. The van der Waals surface area contributed by atoms with Crippen LogP contribution in [0.5, 0.6) is 5.75 Å². The van der Waals surface area contributed by atoms with Crippen molar-refractivity contribution in [2.45, 2.75) is 56.5 Å². The van der Waals surface area contributed by atoms with Crippen molar-refractivity contribution in [3.05, 3.63) is 107 Å². The van der Waals surface area contributed by atoms with E-state index in [0.29, 0.717) is 18.2 Å². The lowest BCUT2D eigenvalue weighted by Gasteiger charge is -2.38. The number of amides is 1. The van der Waals surface area contributed by atoms with Crippen molar-refractivity contribution in [3.63, 3.8) is 0 Å². The van der Waals surface area contributed by atoms with Crippen molar-refractivity contribution in [2.75, 3.05) is 18.6 Å². The number of benzene rings is 3. The Bertz CT molecular complexity index is 1260. The van der Waals surface area contributed by atoms with E-state index in [1.807, 2.05) is 0 Å². The molecule has 1 spiro atoms. The predicted octanol–water partition coefficient (Wildman–Crippen LogP) is 6.80. The Kier molecular flexibility index (Phi) is 7.31. The summed E-state index contributed by atoms with van der Waals surface area (Å²) in [5.41, 5.74) is 5.66. The van der Waals surface area contributed by atoms with Gasteiger partial charge in [-0.15, -0.1) is 0 Å². The minimum absolute atomic E-state index is 0.0734. The summed E-state index contributed by atoms with van der Waals surface area (Å²) in [5, 5.41) is 2.99. The molecule has 0 saturated heterocycles. The molecule has 1 N–H and O–H groups in total. The van der Waals surface area contributed by atoms with Gasteiger partial charge in [0.05, 0.1) is 7.11 Å². The van der Waals surface area contributed by atoms with Gasteiger partial charge in [-0.25, -0.2) is 4.39 Å². The van der Waals surface area contributed by atoms with Crippen LogP contribution in [0.15, 0.2) is 84.9 Å². The Morgan fingerprint density at radius 2 is 1.89 bits per heavy atom. The van der Waals surface area contributed by atoms with Crippen LogP contribution in [-0.4, -0.2) is 25.6 Å². The molecule has 2 atom stereocenters. The number of nitrogens with zero attached hydrogens (tertiary/aromatic N) is 1. The number of carbonyl (C=O) groups excluding carboxylic acids is 1. The van der Waals surface area contributed by atoms with Gasteiger partial charge in [0.1, 0.15) is 11.6 Å². The molecule has 1 saturated carbocycles. The molecule has 1 unspecified atom stereocenters. The molecule has 3 aromatic carbocycles. The molecule has 4 nitrogen and oxygen atoms in total. The second kappa shape index (κ2) is 10.8. The number of fused-ring (bicyclic) bond motifs is 2. The fourth-order valence-electron chi connectivity index (χ4n) is 6.32. The van der Waals surface area contributed by atoms with Gasteiger partial charge in [0, 0.05) is 35.8 Å². The average molecular weight is 499 g/mol. The van der Waals surface area contributed by atoms with Crippen LogP contribution in [0.3, 0.4) is 0 Å². The summed E-state index contributed by atoms with van der Waals surface area (Å²) in [7, 11) is 1.73. The molecular weight excluding hydrogens is 463 g/mol. The van der Waals surface area contributed by atoms with E-state index in [0.717, 1.165) is 50.8 Å². The minimum atomic E-state index is -0.339. The maximum atomic E-state index is 13.2. The smallest absolute Gasteiger partial charge is 0.251 e. The second-order valence-electron chi connectivity index (χ2n) is 10.2. The fraction of sp³-hybridized carbons (Fsp3) is 0.344. The van der Waals surface area contributed by atoms with E-state index in [-0.39, 0.29) is 17.1 Å². The summed E-state index contributed by atoms with van der Waals surface area (Å²) < 4.78 is 18.8. The first-order valence-corrected chi connectivity index (χ1v) is 13.2. The zero-order chi connectivity index (χ0) is 25.8. The predicted molar refractivity (Wildman–Crippen MR) is 147 cm³/mol. The van der Waals surface area contributed by atoms with Gasteiger partial charge in [0.25, 0.3) is 5.91 Å². The van der Waals surface area contributed by atoms with E-state index in [1.54, 1.807) is 7.11 Å². The van der Waals surface area contributed by atoms with Gasteiger partial charge < -0.3 is 15.0 Å². The van der Waals surface area contributed by atoms with E-state index in [4.69, 9.17) is 4.74 Å². The lowest BCUT2D eigenvalue weighted by atomic mass is 9.71. The van der Waals surface area contributed by atoms with Crippen LogP contribution >= 0.6 is 0 Å². The van der Waals surface area contributed by atoms with E-state index in [1.165, 1.54) is 46.7 Å². The van der Waals surface area contributed by atoms with Gasteiger partial charge in [-0.3, -0.25) is 4.79 Å². The molecule has 0 bridgehead atoms. The number of halogens is 1. The van der Waals surface area contributed by atoms with Crippen LogP contribution in [-0.2, 0) is 12.0 Å². The molecule has 1 fully saturated rings. The summed E-state index contributed by atoms with van der Waals surface area (Å²) in [6.45, 7) is 6.03. The Morgan fingerprint density at radius 3 is 2.59 bits per heavy atom. The molecule has 3 aromatic rings. The number of ether oxygens (including phenoxy) is 1. The first-order valence-electron chi connectivity index (χ1n) is 13.2. The number of hydrogen-bond donors (Lipinski definition) is 1. The lowest BCUT2D eigenvalue weighted by Crippen LogP contribution is -2.44. The Labute approximate surface area is 219 Å². The van der Waals surface area contributed by atoms with E-state index < -0.39 is 0 Å². The number of unbranched alkanes of at least 4 members (excludes halogenated alkanes) is 1. The summed E-state index contributed by atoms with van der Waals surface area (Å²) in [4.78, 5) is 15.0. The number of nitrogens with one attached hydrogen (secondary N) is 1. The van der Waals surface area contributed by atoms with Gasteiger partial charge in [-0.2, -0.15) is 0 Å². The molecular formula is C32H35FN2O2. The van der Waals surface area contributed by atoms with E-state index in [9.17, 15) is 9.18 Å². The Hall–Kier alpha value is -3.60. The van der Waals surface area contributed by atoms with Crippen LogP contribution in [0, 0.1) is 5.82 Å². The van der Waals surface area contributed by atoms with Crippen molar-refractivity contribution < 1.29 is 13.9 Å². The maximum absolute atomic E-state index is 13.2. The van der Waals surface area contributed by atoms with Crippen molar-refractivity contribution in [1.29, 1.82) is 0 Å². The third kappa shape index (κ3) is 4.87. The van der Waals surface area contributed by atoms with Crippen LogP contribution in [0.4, 0.5) is 10.1 Å². The second-order valence-corrected chi connectivity index (χ2v) is 10.2. The molecule has 0 aromatic heterocycles. The van der Waals surface area contributed by atoms with E-state index in [2.05, 4.69) is 65.3 Å². The van der Waals surface area contributed by atoms with Crippen molar-refractivity contribution in [1.82, 2.24) is 5.32 Å². The Morgan fingerprint density at radius 1 is 1.11 bits per heavy atom. The molecule has 5 heteroatoms. The normalized spacial score (nSPS) is 20.3. The summed E-state index contributed by atoms with van der Waals surface area (Å²) in [6.07, 6.45) is 6.18. The highest BCUT2D eigenvalue weighted by Gasteiger charge is 2.53. The highest BCUT2D eigenvalue weighted by atomic mass is 19.1. The van der Waals surface area contributed by atoms with Gasteiger partial charge in [-0.05, 0) is 92.1 Å². The molecule has 2 aliphatic rings. The highest BCUT2D eigenvalue weighted by Crippen LogP contribution is 2.58. The van der Waals surface area contributed by atoms with Crippen LogP contribution in [0.2, 0.25) is 0 Å². The summed E-state index contributed by atoms with van der Waals surface area (Å²) in [6, 6.07) is 23.1. The summed E-state index contributed by atoms with van der Waals surface area (Å²) >= 11 is 0. The zero-order valence-corrected chi connectivity index (χ0v) is 21.5. The van der Waals surface area contributed by atoms with Gasteiger partial charge >= 0.3 is 0 Å². The van der Waals surface area contributed by atoms with Gasteiger partial charge in [0.15, 0.2) is 0 Å². The molecule has 37 heavy (non-hydrogen) atoms. The van der Waals surface area contributed by atoms with E-state index >= 15 is 0 Å². The Balaban J connectivity index is 1.34. The highest BCUT2D eigenvalue weighted by molar-refractivity contribution is 5.94. The molecule has 0 radical (unpaired) electrons. The molecule has 1 amide bonds. The third-order valence-electron chi connectivity index (χ3n) is 8.11. The van der Waals surface area contributed by atoms with Crippen LogP contribution in [0.25, 0.3) is 0 Å². The number of anilines is 1. The quantitative estimate of drug-likeness (QED) is 0.261. The van der Waals surface area contributed by atoms with Gasteiger partial charge in [0.2, 0.25) is 0 Å². The zero-order valence-electron chi connectivity index (χ0n) is 21.5. The van der Waals surface area contributed by atoms with Crippen molar-refractivity contribution in [3.8, 4) is 5.75 Å². The molecule has 1 aliphatic heterocycles. The largest absolute Gasteiger partial charge is 0.497 e. The molecule has 1 aliphatic carbocycles.